The fourth-order valence-electron chi connectivity index (χ4n) is 19.9. The number of amides is 4. The summed E-state index contributed by atoms with van der Waals surface area (Å²) in [6.45, 7) is 23.8. The quantitative estimate of drug-likeness (QED) is 0.0207. The molecule has 2 saturated carbocycles. The Labute approximate surface area is 780 Å². The van der Waals surface area contributed by atoms with Crippen molar-refractivity contribution in [3.05, 3.63) is 225 Å². The van der Waals surface area contributed by atoms with Gasteiger partial charge in [0.25, 0.3) is 11.8 Å². The van der Waals surface area contributed by atoms with Gasteiger partial charge in [-0.2, -0.15) is 5.10 Å². The highest BCUT2D eigenvalue weighted by Gasteiger charge is 2.37. The summed E-state index contributed by atoms with van der Waals surface area (Å²) in [5.41, 5.74) is 14.0. The summed E-state index contributed by atoms with van der Waals surface area (Å²) in [5.74, 6) is 1.97. The van der Waals surface area contributed by atoms with Gasteiger partial charge in [-0.05, 0) is 288 Å². The summed E-state index contributed by atoms with van der Waals surface area (Å²) in [6.07, 6.45) is 18.3. The van der Waals surface area contributed by atoms with Crippen molar-refractivity contribution in [1.29, 1.82) is 0 Å². The number of rotatable bonds is 25. The SMILES string of the molecule is Cc1c(OC2CCC(CCCC=O)CC2)cccc1-c1ccc(N2CCc3cccc(C(=O)Nc4nc5ccccc5s4)c3C2)nc1C(=O)OC(C)(C)C.Cc1c(OC2CCC(CCCCN3CCN(c4cccc5c(C6CCC(=O)NC6=O)nn(C)c45)C[C@H]3C)CC2)cccc1-c1ccc(N2CCc3cccc(C(=O)Nc4nc5ccccc5s4)c3C2)nc1C(=O)OC(C)(C)C. The number of nitrogens with zero attached hydrogens (tertiary/aromatic N) is 10. The third-order valence-electron chi connectivity index (χ3n) is 26.8. The highest BCUT2D eigenvalue weighted by Crippen LogP contribution is 2.43. The summed E-state index contributed by atoms with van der Waals surface area (Å²) < 4.78 is 29.3. The molecule has 5 aromatic heterocycles. The zero-order valence-electron chi connectivity index (χ0n) is 77.3. The van der Waals surface area contributed by atoms with Crippen molar-refractivity contribution in [2.45, 2.75) is 226 Å². The van der Waals surface area contributed by atoms with Crippen LogP contribution in [0.4, 0.5) is 27.6 Å². The lowest BCUT2D eigenvalue weighted by Crippen LogP contribution is -2.52. The Morgan fingerprint density at radius 3 is 1.52 bits per heavy atom. The van der Waals surface area contributed by atoms with Crippen molar-refractivity contribution in [2.75, 3.05) is 64.6 Å². The maximum absolute atomic E-state index is 14.1. The monoisotopic (exact) mass is 1810 g/mol. The van der Waals surface area contributed by atoms with Gasteiger partial charge >= 0.3 is 11.9 Å². The molecule has 4 aliphatic heterocycles. The number of hydrogen-bond donors (Lipinski definition) is 3. The van der Waals surface area contributed by atoms with Gasteiger partial charge in [-0.15, -0.1) is 0 Å². The first-order chi connectivity index (χ1) is 63.7. The Kier molecular flexibility index (Phi) is 27.8. The highest BCUT2D eigenvalue weighted by molar-refractivity contribution is 7.22. The zero-order valence-corrected chi connectivity index (χ0v) is 78.9. The molecule has 7 aromatic carbocycles. The number of thiazole rings is 2. The number of anilines is 5. The van der Waals surface area contributed by atoms with Gasteiger partial charge in [-0.1, -0.05) is 127 Å². The molecule has 18 rings (SSSR count). The molecule has 2 atom stereocenters. The molecule has 2 aliphatic carbocycles. The van der Waals surface area contributed by atoms with E-state index in [2.05, 4.69) is 89.7 Å². The second-order valence-electron chi connectivity index (χ2n) is 38.2. The molecule has 26 heteroatoms. The van der Waals surface area contributed by atoms with E-state index in [4.69, 9.17) is 34.0 Å². The zero-order chi connectivity index (χ0) is 92.1. The van der Waals surface area contributed by atoms with E-state index < -0.39 is 29.1 Å². The molecule has 0 spiro atoms. The number of aromatic nitrogens is 6. The molecule has 4 amide bonds. The van der Waals surface area contributed by atoms with Gasteiger partial charge < -0.3 is 38.4 Å². The van der Waals surface area contributed by atoms with Crippen molar-refractivity contribution in [3.8, 4) is 33.8 Å². The van der Waals surface area contributed by atoms with Crippen LogP contribution >= 0.6 is 22.7 Å². The van der Waals surface area contributed by atoms with Gasteiger partial charge in [0.1, 0.15) is 40.6 Å². The standard InChI is InChI=1S/C62H71N9O6S.C44H48N4O5S/c1-38-36-70(50-20-12-18-46-55(67-68(6)57(46)50)47-28-30-54(72)65-59(47)74)35-34-69(38)32-10-9-14-40-23-25-42(26-24-40)76-51-21-13-16-43(39(51)2)44-27-29-53(64-56(44)60(75)77-62(3,4)5)71-33-31-41-15-11-17-45(48(41)37-71)58(73)66-61-63-49-19-7-8-22-52(49)78-61;1-28-32(13-10-16-37(28)52-31-20-18-29(19-21-31)11-7-8-26-49)33-22-23-39(46-40(33)42(51)53-44(2,3)4)48-25-24-30-12-9-14-34(35(30)27-48)41(50)47-43-45-36-15-5-6-17-38(36)54-43/h7-8,11-13,15-22,27,29,38,40,42,47H,9-10,14,23-26,28,30-37H2,1-6H3,(H,63,66,73)(H,65,72,74);5-6,9-10,12-17,22-23,26,29,31H,7-8,11,18-21,24-25,27H2,1-4H3,(H,45,47,50)/t38-,40?,42?,47?;/m1./s1. The summed E-state index contributed by atoms with van der Waals surface area (Å²) in [7, 11) is 1.95. The smallest absolute Gasteiger partial charge is 0.358 e. The number of benzene rings is 7. The molecule has 686 valence electrons. The van der Waals surface area contributed by atoms with Gasteiger partial charge in [0, 0.05) is 99.4 Å². The average molecular weight is 1820 g/mol. The number of carbonyl (C=O) groups is 7. The number of piperidine rings is 1. The first-order valence-electron chi connectivity index (χ1n) is 47.0. The molecule has 24 nitrogen and oxygen atoms in total. The van der Waals surface area contributed by atoms with Crippen LogP contribution in [0.1, 0.15) is 238 Å². The summed E-state index contributed by atoms with van der Waals surface area (Å²) in [5, 5.41) is 15.5. The maximum atomic E-state index is 14.1. The number of nitrogens with one attached hydrogen (secondary N) is 3. The molecule has 1 unspecified atom stereocenters. The van der Waals surface area contributed by atoms with E-state index in [0.717, 1.165) is 202 Å². The number of unbranched alkanes of at least 4 members (excludes halogenated alkanes) is 2. The van der Waals surface area contributed by atoms with Crippen LogP contribution in [-0.2, 0) is 56.8 Å². The molecule has 12 aromatic rings. The van der Waals surface area contributed by atoms with E-state index in [0.29, 0.717) is 114 Å². The van der Waals surface area contributed by atoms with Crippen molar-refractivity contribution >= 4 is 123 Å². The number of ether oxygens (including phenoxy) is 4. The van der Waals surface area contributed by atoms with Crippen molar-refractivity contribution in [3.63, 3.8) is 0 Å². The van der Waals surface area contributed by atoms with Gasteiger partial charge in [0.2, 0.25) is 11.8 Å². The molecule has 4 fully saturated rings. The lowest BCUT2D eigenvalue weighted by molar-refractivity contribution is -0.134. The van der Waals surface area contributed by atoms with Crippen LogP contribution < -0.4 is 40.1 Å². The van der Waals surface area contributed by atoms with E-state index in [1.165, 1.54) is 41.9 Å². The third kappa shape index (κ3) is 21.1. The normalized spacial score (nSPS) is 18.9. The number of carbonyl (C=O) groups excluding carboxylic acids is 7. The van der Waals surface area contributed by atoms with E-state index >= 15 is 0 Å². The molecular formula is C106H119N13O11S2. The maximum Gasteiger partial charge on any atom is 0.358 e. The van der Waals surface area contributed by atoms with E-state index in [1.807, 2.05) is 194 Å². The second kappa shape index (κ2) is 40.0. The van der Waals surface area contributed by atoms with E-state index in [-0.39, 0.29) is 47.2 Å². The molecule has 3 N–H and O–H groups in total. The van der Waals surface area contributed by atoms with Crippen molar-refractivity contribution in [2.24, 2.45) is 18.9 Å². The fourth-order valence-corrected chi connectivity index (χ4v) is 21.6. The van der Waals surface area contributed by atoms with Gasteiger partial charge in [-0.25, -0.2) is 29.5 Å². The van der Waals surface area contributed by atoms with Gasteiger partial charge in [0.15, 0.2) is 21.7 Å². The number of aryl methyl sites for hydroxylation is 1. The third-order valence-corrected chi connectivity index (χ3v) is 28.7. The number of imide groups is 1. The minimum atomic E-state index is -0.733. The van der Waals surface area contributed by atoms with Crippen LogP contribution in [0.2, 0.25) is 0 Å². The predicted molar refractivity (Wildman–Crippen MR) is 522 cm³/mol. The highest BCUT2D eigenvalue weighted by atomic mass is 32.1. The number of pyridine rings is 2. The Balaban J connectivity index is 0.000000197. The largest absolute Gasteiger partial charge is 0.490 e. The molecule has 132 heavy (non-hydrogen) atoms. The number of aldehydes is 1. The molecule has 6 aliphatic rings. The Morgan fingerprint density at radius 2 is 1.02 bits per heavy atom. The molecule has 0 bridgehead atoms. The van der Waals surface area contributed by atoms with Crippen molar-refractivity contribution < 1.29 is 52.5 Å². The minimum absolute atomic E-state index is 0.120. The average Bonchev–Trinajstić information content (AvgIpc) is 1.55. The van der Waals surface area contributed by atoms with E-state index in [9.17, 15) is 33.6 Å². The molecule has 0 radical (unpaired) electrons. The fraction of sp³-hybridized carbons (Fsp3) is 0.415. The summed E-state index contributed by atoms with van der Waals surface area (Å²) in [6, 6.07) is 54.0. The molecule has 9 heterocycles. The Bertz CT molecular complexity index is 6240. The Hall–Kier alpha value is -12.3. The van der Waals surface area contributed by atoms with E-state index in [1.54, 1.807) is 0 Å². The van der Waals surface area contributed by atoms with Crippen LogP contribution in [0.25, 0.3) is 53.6 Å². The van der Waals surface area contributed by atoms with Gasteiger partial charge in [-0.3, -0.25) is 44.7 Å². The van der Waals surface area contributed by atoms with Gasteiger partial charge in [0.05, 0.1) is 55.5 Å². The Morgan fingerprint density at radius 1 is 0.523 bits per heavy atom. The minimum Gasteiger partial charge on any atom is -0.490 e. The van der Waals surface area contributed by atoms with Crippen LogP contribution in [0.5, 0.6) is 11.5 Å². The van der Waals surface area contributed by atoms with Crippen molar-refractivity contribution in [1.82, 2.24) is 39.9 Å². The predicted octanol–water partition coefficient (Wildman–Crippen LogP) is 20.9. The first kappa shape index (κ1) is 91.6. The number of esters is 2. The van der Waals surface area contributed by atoms with Crippen LogP contribution in [0.3, 0.4) is 0 Å². The topological polar surface area (TPSA) is 275 Å². The number of piperazine rings is 1. The molecule has 2 saturated heterocycles. The van der Waals surface area contributed by atoms with Crippen LogP contribution in [-0.4, -0.2) is 145 Å². The first-order valence-corrected chi connectivity index (χ1v) is 48.6. The van der Waals surface area contributed by atoms with Crippen LogP contribution in [0.15, 0.2) is 164 Å². The lowest BCUT2D eigenvalue weighted by Gasteiger charge is -2.41. The number of hydrogen-bond acceptors (Lipinski definition) is 22. The van der Waals surface area contributed by atoms with Crippen LogP contribution in [0, 0.1) is 25.7 Å². The lowest BCUT2D eigenvalue weighted by atomic mass is 9.84. The molecular weight excluding hydrogens is 1700 g/mol. The number of fused-ring (bicyclic) bond motifs is 5. The summed E-state index contributed by atoms with van der Waals surface area (Å²) in [4.78, 5) is 120. The second-order valence-corrected chi connectivity index (χ2v) is 40.3. The number of para-hydroxylation sites is 3. The summed E-state index contributed by atoms with van der Waals surface area (Å²) >= 11 is 2.91.